The molecule has 1 aliphatic rings. The molecule has 10 heteroatoms. The number of ether oxygens (including phenoxy) is 1. The van der Waals surface area contributed by atoms with E-state index in [1.54, 1.807) is 17.6 Å². The summed E-state index contributed by atoms with van der Waals surface area (Å²) in [6.45, 7) is 9.03. The molecule has 34 heavy (non-hydrogen) atoms. The van der Waals surface area contributed by atoms with Crippen LogP contribution in [0, 0.1) is 0 Å². The van der Waals surface area contributed by atoms with Gasteiger partial charge in [0.15, 0.2) is 0 Å². The number of piperazine rings is 1. The van der Waals surface area contributed by atoms with Gasteiger partial charge in [-0.2, -0.15) is 0 Å². The smallest absolute Gasteiger partial charge is 0.422 e. The topological polar surface area (TPSA) is 112 Å². The van der Waals surface area contributed by atoms with E-state index in [1.807, 2.05) is 56.4 Å². The highest BCUT2D eigenvalue weighted by molar-refractivity contribution is 5.93. The molecule has 10 nitrogen and oxygen atoms in total. The number of hydrazine groups is 1. The highest BCUT2D eigenvalue weighted by atomic mass is 16.6. The molecule has 3 N–H and O–H groups in total. The molecule has 3 aromatic rings. The Morgan fingerprint density at radius 2 is 1.79 bits per heavy atom. The first-order valence-electron chi connectivity index (χ1n) is 11.2. The standard InChI is InChI=1S/C24H30N6O4/c1-24(2,3)34-23(32)26-30-12-10-28(11-13-30)20-14-19-8-9-29(21(19)25-15-20)16-17-4-6-18(7-5-17)22(31)27-33/h4-9,14-15,33H,10-13,16H2,1-3H3,(H,26,32)(H,27,31). The van der Waals surface area contributed by atoms with Gasteiger partial charge in [-0.25, -0.2) is 20.3 Å². The Hall–Kier alpha value is -3.63. The van der Waals surface area contributed by atoms with Crippen LogP contribution in [0.25, 0.3) is 11.0 Å². The van der Waals surface area contributed by atoms with Crippen LogP contribution in [0.3, 0.4) is 0 Å². The van der Waals surface area contributed by atoms with Gasteiger partial charge in [-0.3, -0.25) is 15.4 Å². The van der Waals surface area contributed by atoms with Crippen molar-refractivity contribution >= 4 is 28.7 Å². The van der Waals surface area contributed by atoms with E-state index < -0.39 is 17.6 Å². The first kappa shape index (κ1) is 23.5. The first-order valence-corrected chi connectivity index (χ1v) is 11.2. The van der Waals surface area contributed by atoms with Gasteiger partial charge < -0.3 is 14.2 Å². The molecule has 4 rings (SSSR count). The molecule has 3 heterocycles. The first-order chi connectivity index (χ1) is 16.2. The van der Waals surface area contributed by atoms with Crippen LogP contribution >= 0.6 is 0 Å². The van der Waals surface area contributed by atoms with E-state index in [0.29, 0.717) is 25.2 Å². The summed E-state index contributed by atoms with van der Waals surface area (Å²) in [7, 11) is 0. The van der Waals surface area contributed by atoms with Gasteiger partial charge in [0.2, 0.25) is 0 Å². The van der Waals surface area contributed by atoms with Gasteiger partial charge in [-0.05, 0) is 50.6 Å². The molecule has 2 aromatic heterocycles. The number of rotatable bonds is 5. The number of fused-ring (bicyclic) bond motifs is 1. The second-order valence-corrected chi connectivity index (χ2v) is 9.28. The summed E-state index contributed by atoms with van der Waals surface area (Å²) in [5.74, 6) is -0.534. The summed E-state index contributed by atoms with van der Waals surface area (Å²) < 4.78 is 7.38. The van der Waals surface area contributed by atoms with Gasteiger partial charge >= 0.3 is 6.09 Å². The van der Waals surface area contributed by atoms with Crippen molar-refractivity contribution in [3.05, 3.63) is 59.9 Å². The van der Waals surface area contributed by atoms with Crippen molar-refractivity contribution in [2.75, 3.05) is 31.1 Å². The molecule has 1 aromatic carbocycles. The van der Waals surface area contributed by atoms with Crippen molar-refractivity contribution < 1.29 is 19.5 Å². The second-order valence-electron chi connectivity index (χ2n) is 9.28. The number of amides is 2. The maximum absolute atomic E-state index is 12.0. The molecule has 0 radical (unpaired) electrons. The molecule has 0 aliphatic carbocycles. The molecule has 1 fully saturated rings. The van der Waals surface area contributed by atoms with Crippen molar-refractivity contribution in [2.45, 2.75) is 32.9 Å². The number of carbonyl (C=O) groups excluding carboxylic acids is 2. The van der Waals surface area contributed by atoms with Gasteiger partial charge in [0.25, 0.3) is 5.91 Å². The average Bonchev–Trinajstić information content (AvgIpc) is 3.20. The fourth-order valence-electron chi connectivity index (χ4n) is 3.90. The Bertz CT molecular complexity index is 1160. The van der Waals surface area contributed by atoms with Crippen LogP contribution < -0.4 is 15.8 Å². The number of hydrogen-bond donors (Lipinski definition) is 3. The number of nitrogens with zero attached hydrogens (tertiary/aromatic N) is 4. The number of pyridine rings is 1. The fourth-order valence-corrected chi connectivity index (χ4v) is 3.90. The Morgan fingerprint density at radius 3 is 2.44 bits per heavy atom. The number of nitrogens with one attached hydrogen (secondary N) is 2. The van der Waals surface area contributed by atoms with E-state index in [0.717, 1.165) is 35.4 Å². The monoisotopic (exact) mass is 466 g/mol. The van der Waals surface area contributed by atoms with E-state index in [1.165, 1.54) is 0 Å². The molecular weight excluding hydrogens is 436 g/mol. The third-order valence-electron chi connectivity index (χ3n) is 5.55. The molecule has 0 spiro atoms. The van der Waals surface area contributed by atoms with Crippen molar-refractivity contribution in [1.29, 1.82) is 0 Å². The Labute approximate surface area is 198 Å². The van der Waals surface area contributed by atoms with Crippen molar-refractivity contribution in [3.63, 3.8) is 0 Å². The molecular formula is C24H30N6O4. The van der Waals surface area contributed by atoms with Gasteiger partial charge in [0, 0.05) is 49.9 Å². The quantitative estimate of drug-likeness (QED) is 0.392. The molecule has 0 atom stereocenters. The Morgan fingerprint density at radius 1 is 1.09 bits per heavy atom. The summed E-state index contributed by atoms with van der Waals surface area (Å²) in [6.07, 6.45) is 3.44. The zero-order chi connectivity index (χ0) is 24.3. The van der Waals surface area contributed by atoms with Gasteiger partial charge in [-0.1, -0.05) is 12.1 Å². The van der Waals surface area contributed by atoms with Crippen LogP contribution in [-0.2, 0) is 11.3 Å². The lowest BCUT2D eigenvalue weighted by Gasteiger charge is -2.36. The zero-order valence-electron chi connectivity index (χ0n) is 19.6. The third-order valence-corrected chi connectivity index (χ3v) is 5.55. The lowest BCUT2D eigenvalue weighted by atomic mass is 10.1. The Balaban J connectivity index is 1.37. The van der Waals surface area contributed by atoms with Gasteiger partial charge in [0.1, 0.15) is 11.2 Å². The highest BCUT2D eigenvalue weighted by Crippen LogP contribution is 2.23. The maximum Gasteiger partial charge on any atom is 0.422 e. The molecule has 0 bridgehead atoms. The van der Waals surface area contributed by atoms with Crippen molar-refractivity contribution in [2.24, 2.45) is 0 Å². The van der Waals surface area contributed by atoms with E-state index in [2.05, 4.69) is 21.0 Å². The van der Waals surface area contributed by atoms with E-state index >= 15 is 0 Å². The molecule has 0 unspecified atom stereocenters. The number of hydroxylamine groups is 1. The van der Waals surface area contributed by atoms with E-state index in [4.69, 9.17) is 14.9 Å². The number of aromatic nitrogens is 2. The van der Waals surface area contributed by atoms with E-state index in [9.17, 15) is 9.59 Å². The third kappa shape index (κ3) is 5.64. The predicted molar refractivity (Wildman–Crippen MR) is 128 cm³/mol. The number of anilines is 1. The number of carbonyl (C=O) groups is 2. The summed E-state index contributed by atoms with van der Waals surface area (Å²) in [5.41, 5.74) is 7.26. The molecule has 2 amide bonds. The van der Waals surface area contributed by atoms with Crippen molar-refractivity contribution in [1.82, 2.24) is 25.5 Å². The van der Waals surface area contributed by atoms with Crippen molar-refractivity contribution in [3.8, 4) is 0 Å². The van der Waals surface area contributed by atoms with Crippen LogP contribution in [0.1, 0.15) is 36.7 Å². The maximum atomic E-state index is 12.0. The predicted octanol–water partition coefficient (Wildman–Crippen LogP) is 2.77. The van der Waals surface area contributed by atoms with Crippen LogP contribution in [-0.4, -0.2) is 63.5 Å². The average molecular weight is 467 g/mol. The minimum absolute atomic E-state index is 0.396. The SMILES string of the molecule is CC(C)(C)OC(=O)NN1CCN(c2cnc3c(ccn3Cc3ccc(C(=O)NO)cc3)c2)CC1. The highest BCUT2D eigenvalue weighted by Gasteiger charge is 2.22. The minimum Gasteiger partial charge on any atom is -0.443 e. The van der Waals surface area contributed by atoms with Crippen LogP contribution in [0.5, 0.6) is 0 Å². The minimum atomic E-state index is -0.534. The fraction of sp³-hybridized carbons (Fsp3) is 0.375. The Kier molecular flexibility index (Phi) is 6.71. The zero-order valence-corrected chi connectivity index (χ0v) is 19.6. The second kappa shape index (κ2) is 9.70. The molecule has 0 saturated carbocycles. The molecule has 1 saturated heterocycles. The molecule has 1 aliphatic heterocycles. The lowest BCUT2D eigenvalue weighted by Crippen LogP contribution is -2.54. The van der Waals surface area contributed by atoms with Gasteiger partial charge in [-0.15, -0.1) is 0 Å². The van der Waals surface area contributed by atoms with E-state index in [-0.39, 0.29) is 0 Å². The number of benzene rings is 1. The van der Waals surface area contributed by atoms with Crippen LogP contribution in [0.4, 0.5) is 10.5 Å². The van der Waals surface area contributed by atoms with Gasteiger partial charge in [0.05, 0.1) is 11.9 Å². The lowest BCUT2D eigenvalue weighted by molar-refractivity contribution is 0.0320. The normalized spacial score (nSPS) is 14.8. The summed E-state index contributed by atoms with van der Waals surface area (Å²) in [5, 5.41) is 11.7. The van der Waals surface area contributed by atoms with Crippen LogP contribution in [0.2, 0.25) is 0 Å². The molecule has 180 valence electrons. The largest absolute Gasteiger partial charge is 0.443 e. The summed E-state index contributed by atoms with van der Waals surface area (Å²) >= 11 is 0. The summed E-state index contributed by atoms with van der Waals surface area (Å²) in [6, 6.07) is 11.2. The number of hydrogen-bond acceptors (Lipinski definition) is 7. The van der Waals surface area contributed by atoms with Crippen LogP contribution in [0.15, 0.2) is 48.8 Å². The summed E-state index contributed by atoms with van der Waals surface area (Å²) in [4.78, 5) is 30.4.